The summed E-state index contributed by atoms with van der Waals surface area (Å²) in [5, 5.41) is 9.60. The second-order valence-electron chi connectivity index (χ2n) is 7.17. The number of morpholine rings is 2. The van der Waals surface area contributed by atoms with Gasteiger partial charge in [-0.15, -0.1) is 0 Å². The normalized spacial score (nSPS) is 19.1. The second-order valence-corrected chi connectivity index (χ2v) is 8.92. The zero-order valence-corrected chi connectivity index (χ0v) is 23.5. The van der Waals surface area contributed by atoms with E-state index in [-0.39, 0.29) is 44.5 Å². The van der Waals surface area contributed by atoms with E-state index in [2.05, 4.69) is 32.2 Å². The molecule has 0 aromatic carbocycles. The quantitative estimate of drug-likeness (QED) is 0.349. The third kappa shape index (κ3) is 11.7. The van der Waals surface area contributed by atoms with Gasteiger partial charge in [-0.2, -0.15) is 9.37 Å². The predicted octanol–water partition coefficient (Wildman–Crippen LogP) is 4.72. The molecule has 2 aliphatic rings. The zero-order chi connectivity index (χ0) is 27.3. The van der Waals surface area contributed by atoms with E-state index in [1.807, 2.05) is 6.92 Å². The Kier molecular flexibility index (Phi) is 16.2. The third-order valence-electron chi connectivity index (χ3n) is 4.26. The molecule has 0 amide bonds. The summed E-state index contributed by atoms with van der Waals surface area (Å²) in [6.45, 7) is 10.4. The van der Waals surface area contributed by atoms with E-state index in [0.29, 0.717) is 25.8 Å². The molecule has 2 saturated heterocycles. The van der Waals surface area contributed by atoms with Gasteiger partial charge in [0.05, 0.1) is 32.5 Å². The highest BCUT2D eigenvalue weighted by atomic mass is 35.5. The molecule has 4 rings (SSSR count). The molecule has 0 saturated carbocycles. The Morgan fingerprint density at radius 2 is 1.39 bits per heavy atom. The van der Waals surface area contributed by atoms with Gasteiger partial charge in [0.2, 0.25) is 16.4 Å². The van der Waals surface area contributed by atoms with Gasteiger partial charge in [0, 0.05) is 25.7 Å². The van der Waals surface area contributed by atoms with E-state index < -0.39 is 11.6 Å². The van der Waals surface area contributed by atoms with Gasteiger partial charge in [-0.05, 0) is 44.0 Å². The van der Waals surface area contributed by atoms with Crippen molar-refractivity contribution in [3.63, 3.8) is 0 Å². The van der Waals surface area contributed by atoms with Crippen molar-refractivity contribution < 1.29 is 23.4 Å². The monoisotopic (exact) mass is 612 g/mol. The molecule has 2 fully saturated rings. The Balaban J connectivity index is 0.000000277. The molecular weight excluding hydrogens is 588 g/mol. The number of aliphatic hydroxyl groups is 1. The summed E-state index contributed by atoms with van der Waals surface area (Å²) in [5.41, 5.74) is 0. The van der Waals surface area contributed by atoms with Crippen molar-refractivity contribution in [3.05, 3.63) is 37.7 Å². The van der Waals surface area contributed by atoms with Crippen LogP contribution in [0.5, 0.6) is 0 Å². The van der Waals surface area contributed by atoms with E-state index in [1.54, 1.807) is 11.8 Å². The molecule has 9 nitrogen and oxygen atoms in total. The molecule has 2 aromatic heterocycles. The van der Waals surface area contributed by atoms with E-state index in [9.17, 15) is 8.78 Å². The van der Waals surface area contributed by atoms with Crippen LogP contribution < -0.4 is 10.2 Å². The molecule has 0 unspecified atom stereocenters. The maximum absolute atomic E-state index is 13.7. The zero-order valence-electron chi connectivity index (χ0n) is 19.7. The Labute approximate surface area is 233 Å². The highest BCUT2D eigenvalue weighted by molar-refractivity contribution is 6.35. The topological polar surface area (TPSA) is 106 Å². The van der Waals surface area contributed by atoms with Crippen molar-refractivity contribution in [2.75, 3.05) is 51.0 Å². The molecule has 0 aliphatic carbocycles. The van der Waals surface area contributed by atoms with Crippen LogP contribution in [0, 0.1) is 11.6 Å². The van der Waals surface area contributed by atoms with Gasteiger partial charge < -0.3 is 24.8 Å². The molecule has 204 valence electrons. The fourth-order valence-corrected chi connectivity index (χ4v) is 3.70. The average molecular weight is 615 g/mol. The number of hydrogen-bond acceptors (Lipinski definition) is 9. The van der Waals surface area contributed by atoms with Crippen molar-refractivity contribution in [2.24, 2.45) is 0 Å². The van der Waals surface area contributed by atoms with E-state index in [0.717, 1.165) is 19.8 Å². The summed E-state index contributed by atoms with van der Waals surface area (Å²) in [5.74, 6) is -1.35. The van der Waals surface area contributed by atoms with Gasteiger partial charge in [0.25, 0.3) is 0 Å². The lowest BCUT2D eigenvalue weighted by molar-refractivity contribution is 0.0824. The van der Waals surface area contributed by atoms with Crippen LogP contribution in [0.25, 0.3) is 0 Å². The summed E-state index contributed by atoms with van der Waals surface area (Å²) in [6, 6.07) is 0.596. The van der Waals surface area contributed by atoms with Gasteiger partial charge in [0.15, 0.2) is 27.1 Å². The second kappa shape index (κ2) is 17.6. The highest BCUT2D eigenvalue weighted by Gasteiger charge is 2.25. The van der Waals surface area contributed by atoms with E-state index in [4.69, 9.17) is 72.6 Å². The number of rotatable bonds is 1. The molecule has 16 heteroatoms. The number of halogens is 7. The molecule has 2 aromatic rings. The van der Waals surface area contributed by atoms with Crippen LogP contribution in [0.15, 0.2) is 0 Å². The van der Waals surface area contributed by atoms with Crippen LogP contribution >= 0.6 is 58.0 Å². The van der Waals surface area contributed by atoms with Gasteiger partial charge in [-0.3, -0.25) is 0 Å². The van der Waals surface area contributed by atoms with Crippen LogP contribution in [0.1, 0.15) is 20.8 Å². The largest absolute Gasteiger partial charge is 0.397 e. The van der Waals surface area contributed by atoms with Crippen LogP contribution in [0.3, 0.4) is 0 Å². The summed E-state index contributed by atoms with van der Waals surface area (Å²) >= 11 is 27.0. The number of anilines is 1. The first-order valence-corrected chi connectivity index (χ1v) is 12.6. The molecule has 2 aliphatic heterocycles. The lowest BCUT2D eigenvalue weighted by atomic mass is 10.2. The Morgan fingerprint density at radius 3 is 1.83 bits per heavy atom. The van der Waals surface area contributed by atoms with Gasteiger partial charge in [-0.1, -0.05) is 34.8 Å². The maximum Gasteiger partial charge on any atom is 0.225 e. The van der Waals surface area contributed by atoms with Crippen LogP contribution in [-0.2, 0) is 9.47 Å². The first-order chi connectivity index (χ1) is 17.0. The molecule has 2 N–H and O–H groups in total. The summed E-state index contributed by atoms with van der Waals surface area (Å²) < 4.78 is 36.6. The predicted molar refractivity (Wildman–Crippen MR) is 138 cm³/mol. The SMILES string of the molecule is CCO.C[C@@H]1COCCN1.C[C@@H]1COCCN1c1nc(Cl)nc(Cl)c1F.Fc1c(Cl)nc(Cl)nc1Cl. The Hall–Kier alpha value is -0.890. The smallest absolute Gasteiger partial charge is 0.225 e. The minimum atomic E-state index is -0.854. The molecular formula is C20H27Cl5F2N6O3. The highest BCUT2D eigenvalue weighted by Crippen LogP contribution is 2.26. The molecule has 4 heterocycles. The van der Waals surface area contributed by atoms with E-state index >= 15 is 0 Å². The molecule has 36 heavy (non-hydrogen) atoms. The van der Waals surface area contributed by atoms with Gasteiger partial charge in [0.1, 0.15) is 0 Å². The minimum Gasteiger partial charge on any atom is -0.397 e. The lowest BCUT2D eigenvalue weighted by Crippen LogP contribution is -2.44. The average Bonchev–Trinajstić information content (AvgIpc) is 2.82. The number of nitrogens with one attached hydrogen (secondary N) is 1. The first kappa shape index (κ1) is 33.1. The van der Waals surface area contributed by atoms with Crippen LogP contribution in [0.2, 0.25) is 26.0 Å². The van der Waals surface area contributed by atoms with Crippen molar-refractivity contribution in [2.45, 2.75) is 32.9 Å². The van der Waals surface area contributed by atoms with E-state index in [1.165, 1.54) is 0 Å². The standard InChI is InChI=1S/C9H10Cl2FN3O.C5H11NO.C4Cl3FN2.C2H6O/c1-5-4-16-3-2-15(5)8-6(12)7(10)13-9(11)14-8;1-5-4-7-3-2-6-5;5-2-1(8)3(6)10-4(7)9-2;1-2-3/h5H,2-4H2,1H3;5-6H,2-4H2,1H3;;3H,2H2,1H3/t2*5-;;/m11../s1. The molecule has 0 spiro atoms. The number of aromatic nitrogens is 4. The minimum absolute atomic E-state index is 0.0327. The van der Waals surface area contributed by atoms with Crippen LogP contribution in [-0.4, -0.2) is 83.3 Å². The molecule has 0 bridgehead atoms. The number of hydrogen-bond donors (Lipinski definition) is 2. The fraction of sp³-hybridized carbons (Fsp3) is 0.600. The van der Waals surface area contributed by atoms with Crippen molar-refractivity contribution in [1.29, 1.82) is 0 Å². The third-order valence-corrected chi connectivity index (χ3v) is 5.35. The van der Waals surface area contributed by atoms with Gasteiger partial charge in [-0.25, -0.2) is 19.3 Å². The number of aliphatic hydroxyl groups excluding tert-OH is 1. The van der Waals surface area contributed by atoms with Crippen LogP contribution in [0.4, 0.5) is 14.6 Å². The molecule has 0 radical (unpaired) electrons. The van der Waals surface area contributed by atoms with Crippen molar-refractivity contribution in [1.82, 2.24) is 25.3 Å². The fourth-order valence-electron chi connectivity index (χ4n) is 2.68. The van der Waals surface area contributed by atoms with Gasteiger partial charge >= 0.3 is 0 Å². The summed E-state index contributed by atoms with van der Waals surface area (Å²) in [6.07, 6.45) is 0. The maximum atomic E-state index is 13.7. The Bertz CT molecular complexity index is 924. The summed E-state index contributed by atoms with van der Waals surface area (Å²) in [4.78, 5) is 15.8. The summed E-state index contributed by atoms with van der Waals surface area (Å²) in [7, 11) is 0. The molecule has 2 atom stereocenters. The number of ether oxygens (including phenoxy) is 2. The van der Waals surface area contributed by atoms with Crippen molar-refractivity contribution in [3.8, 4) is 0 Å². The number of nitrogens with zero attached hydrogens (tertiary/aromatic N) is 5. The lowest BCUT2D eigenvalue weighted by Gasteiger charge is -2.34. The Morgan fingerprint density at radius 1 is 0.889 bits per heavy atom. The first-order valence-electron chi connectivity index (χ1n) is 10.7. The van der Waals surface area contributed by atoms with Crippen molar-refractivity contribution >= 4 is 63.8 Å².